The van der Waals surface area contributed by atoms with Gasteiger partial charge in [0.1, 0.15) is 0 Å². The Hall–Kier alpha value is -3.13. The normalized spacial score (nSPS) is 11.5. The first kappa shape index (κ1) is 22.6. The predicted octanol–water partition coefficient (Wildman–Crippen LogP) is 3.81. The van der Waals surface area contributed by atoms with E-state index in [0.29, 0.717) is 16.6 Å². The highest BCUT2D eigenvalue weighted by atomic mass is 32.2. The largest absolute Gasteiger partial charge is 0.462 e. The Morgan fingerprint density at radius 2 is 1.55 bits per heavy atom. The van der Waals surface area contributed by atoms with Gasteiger partial charge in [-0.15, -0.1) is 0 Å². The molecule has 8 heteroatoms. The molecule has 0 saturated carbocycles. The van der Waals surface area contributed by atoms with Gasteiger partial charge in [0.2, 0.25) is 0 Å². The van der Waals surface area contributed by atoms with Gasteiger partial charge in [-0.25, -0.2) is 18.0 Å². The standard InChI is InChI=1S/C23H25NO6S/c1-5-29-22(25)16-9-12-19-18(13-16)21(23(26)30-6-2)20(24(19)4)14-31(27,28)17-10-7-15(3)8-11-17/h7-13H,5-6,14H2,1-4H3. The molecule has 0 aliphatic rings. The summed E-state index contributed by atoms with van der Waals surface area (Å²) in [6, 6.07) is 11.4. The Labute approximate surface area is 181 Å². The zero-order chi connectivity index (χ0) is 22.8. The van der Waals surface area contributed by atoms with Crippen molar-refractivity contribution in [1.82, 2.24) is 4.57 Å². The molecule has 0 spiro atoms. The number of nitrogens with zero attached hydrogens (tertiary/aromatic N) is 1. The molecule has 0 atom stereocenters. The van der Waals surface area contributed by atoms with Gasteiger partial charge in [0.15, 0.2) is 9.84 Å². The highest BCUT2D eigenvalue weighted by molar-refractivity contribution is 7.90. The van der Waals surface area contributed by atoms with Crippen LogP contribution < -0.4 is 0 Å². The van der Waals surface area contributed by atoms with Crippen LogP contribution in [0.5, 0.6) is 0 Å². The number of aryl methyl sites for hydroxylation is 2. The average molecular weight is 444 g/mol. The Morgan fingerprint density at radius 1 is 0.935 bits per heavy atom. The number of rotatable bonds is 7. The number of ether oxygens (including phenoxy) is 2. The zero-order valence-electron chi connectivity index (χ0n) is 18.0. The maximum atomic E-state index is 13.1. The van der Waals surface area contributed by atoms with Gasteiger partial charge in [0.05, 0.1) is 35.0 Å². The van der Waals surface area contributed by atoms with Crippen LogP contribution >= 0.6 is 0 Å². The van der Waals surface area contributed by atoms with Gasteiger partial charge in [-0.3, -0.25) is 0 Å². The zero-order valence-corrected chi connectivity index (χ0v) is 18.8. The van der Waals surface area contributed by atoms with Gasteiger partial charge < -0.3 is 14.0 Å². The Morgan fingerprint density at radius 3 is 2.16 bits per heavy atom. The second-order valence-electron chi connectivity index (χ2n) is 7.13. The van der Waals surface area contributed by atoms with Crippen molar-refractivity contribution in [3.8, 4) is 0 Å². The van der Waals surface area contributed by atoms with Crippen LogP contribution in [0.4, 0.5) is 0 Å². The summed E-state index contributed by atoms with van der Waals surface area (Å²) in [5.41, 5.74) is 2.28. The minimum absolute atomic E-state index is 0.136. The summed E-state index contributed by atoms with van der Waals surface area (Å²) >= 11 is 0. The van der Waals surface area contributed by atoms with Gasteiger partial charge in [-0.05, 0) is 51.1 Å². The molecule has 0 fully saturated rings. The second kappa shape index (κ2) is 8.93. The third-order valence-electron chi connectivity index (χ3n) is 5.02. The summed E-state index contributed by atoms with van der Waals surface area (Å²) < 4.78 is 38.1. The molecule has 0 aliphatic carbocycles. The lowest BCUT2D eigenvalue weighted by Gasteiger charge is -2.09. The Bertz CT molecular complexity index is 1240. The fraction of sp³-hybridized carbons (Fsp3) is 0.304. The van der Waals surface area contributed by atoms with Gasteiger partial charge in [-0.1, -0.05) is 17.7 Å². The highest BCUT2D eigenvalue weighted by Gasteiger charge is 2.27. The van der Waals surface area contributed by atoms with E-state index in [9.17, 15) is 18.0 Å². The van der Waals surface area contributed by atoms with Crippen LogP contribution in [0.3, 0.4) is 0 Å². The van der Waals surface area contributed by atoms with E-state index in [1.54, 1.807) is 67.9 Å². The molecule has 31 heavy (non-hydrogen) atoms. The number of benzene rings is 2. The van der Waals surface area contributed by atoms with Crippen molar-refractivity contribution in [1.29, 1.82) is 0 Å². The number of fused-ring (bicyclic) bond motifs is 1. The summed E-state index contributed by atoms with van der Waals surface area (Å²) in [6.07, 6.45) is 0. The Balaban J connectivity index is 2.18. The topological polar surface area (TPSA) is 91.7 Å². The lowest BCUT2D eigenvalue weighted by atomic mass is 10.1. The average Bonchev–Trinajstić information content (AvgIpc) is 2.99. The maximum absolute atomic E-state index is 13.1. The van der Waals surface area contributed by atoms with Crippen molar-refractivity contribution < 1.29 is 27.5 Å². The van der Waals surface area contributed by atoms with Crippen molar-refractivity contribution in [3.63, 3.8) is 0 Å². The molecule has 0 radical (unpaired) electrons. The van der Waals surface area contributed by atoms with Crippen molar-refractivity contribution in [2.75, 3.05) is 13.2 Å². The smallest absolute Gasteiger partial charge is 0.340 e. The minimum atomic E-state index is -3.73. The van der Waals surface area contributed by atoms with E-state index in [1.807, 2.05) is 6.92 Å². The van der Waals surface area contributed by atoms with E-state index in [-0.39, 0.29) is 35.0 Å². The fourth-order valence-electron chi connectivity index (χ4n) is 3.45. The number of sulfone groups is 1. The van der Waals surface area contributed by atoms with Gasteiger partial charge in [-0.2, -0.15) is 0 Å². The molecule has 1 aromatic heterocycles. The molecule has 164 valence electrons. The van der Waals surface area contributed by atoms with E-state index in [0.717, 1.165) is 5.56 Å². The number of esters is 2. The summed E-state index contributed by atoms with van der Waals surface area (Å²) in [5, 5.41) is 0.445. The number of hydrogen-bond donors (Lipinski definition) is 0. The molecule has 2 aromatic carbocycles. The lowest BCUT2D eigenvalue weighted by Crippen LogP contribution is -2.14. The monoisotopic (exact) mass is 443 g/mol. The summed E-state index contributed by atoms with van der Waals surface area (Å²) in [4.78, 5) is 25.2. The van der Waals surface area contributed by atoms with Crippen LogP contribution in [-0.2, 0) is 32.1 Å². The fourth-order valence-corrected chi connectivity index (χ4v) is 4.86. The quantitative estimate of drug-likeness (QED) is 0.516. The van der Waals surface area contributed by atoms with E-state index in [1.165, 1.54) is 0 Å². The van der Waals surface area contributed by atoms with Crippen molar-refractivity contribution in [2.24, 2.45) is 7.05 Å². The molecular formula is C23H25NO6S. The number of aromatic nitrogens is 1. The van der Waals surface area contributed by atoms with Crippen LogP contribution in [0.2, 0.25) is 0 Å². The molecule has 3 aromatic rings. The highest BCUT2D eigenvalue weighted by Crippen LogP contribution is 2.30. The predicted molar refractivity (Wildman–Crippen MR) is 117 cm³/mol. The number of carbonyl (C=O) groups is 2. The van der Waals surface area contributed by atoms with Crippen molar-refractivity contribution >= 4 is 32.7 Å². The van der Waals surface area contributed by atoms with Crippen molar-refractivity contribution in [3.05, 3.63) is 64.8 Å². The first-order chi connectivity index (χ1) is 14.7. The minimum Gasteiger partial charge on any atom is -0.462 e. The van der Waals surface area contributed by atoms with Crippen LogP contribution in [0.15, 0.2) is 47.4 Å². The molecule has 0 unspecified atom stereocenters. The third kappa shape index (κ3) is 4.49. The van der Waals surface area contributed by atoms with Gasteiger partial charge in [0.25, 0.3) is 0 Å². The molecule has 0 amide bonds. The second-order valence-corrected chi connectivity index (χ2v) is 9.12. The molecule has 3 rings (SSSR count). The van der Waals surface area contributed by atoms with E-state index < -0.39 is 21.8 Å². The first-order valence-electron chi connectivity index (χ1n) is 9.94. The van der Waals surface area contributed by atoms with Crippen molar-refractivity contribution in [2.45, 2.75) is 31.4 Å². The SMILES string of the molecule is CCOC(=O)c1ccc2c(c1)c(C(=O)OCC)c(CS(=O)(=O)c1ccc(C)cc1)n2C. The molecule has 0 aliphatic heterocycles. The summed E-state index contributed by atoms with van der Waals surface area (Å²) in [5.74, 6) is -1.54. The maximum Gasteiger partial charge on any atom is 0.340 e. The molecular weight excluding hydrogens is 418 g/mol. The summed E-state index contributed by atoms with van der Waals surface area (Å²) in [7, 11) is -2.04. The molecule has 0 saturated heterocycles. The summed E-state index contributed by atoms with van der Waals surface area (Å²) in [6.45, 7) is 5.61. The van der Waals surface area contributed by atoms with Crippen LogP contribution in [0, 0.1) is 6.92 Å². The van der Waals surface area contributed by atoms with Gasteiger partial charge in [0, 0.05) is 23.6 Å². The number of carbonyl (C=O) groups excluding carboxylic acids is 2. The van der Waals surface area contributed by atoms with E-state index in [2.05, 4.69) is 0 Å². The number of hydrogen-bond acceptors (Lipinski definition) is 6. The lowest BCUT2D eigenvalue weighted by molar-refractivity contribution is 0.0515. The molecule has 1 heterocycles. The molecule has 0 bridgehead atoms. The first-order valence-corrected chi connectivity index (χ1v) is 11.6. The third-order valence-corrected chi connectivity index (χ3v) is 6.66. The van der Waals surface area contributed by atoms with E-state index in [4.69, 9.17) is 9.47 Å². The van der Waals surface area contributed by atoms with Crippen LogP contribution in [-0.4, -0.2) is 38.1 Å². The van der Waals surface area contributed by atoms with E-state index >= 15 is 0 Å². The molecule has 7 nitrogen and oxygen atoms in total. The van der Waals surface area contributed by atoms with Crippen LogP contribution in [0.1, 0.15) is 45.8 Å². The van der Waals surface area contributed by atoms with Gasteiger partial charge >= 0.3 is 11.9 Å². The molecule has 0 N–H and O–H groups in total. The Kier molecular flexibility index (Phi) is 6.50. The van der Waals surface area contributed by atoms with Crippen LogP contribution in [0.25, 0.3) is 10.9 Å².